The molecule has 3 nitrogen and oxygen atoms in total. The van der Waals surface area contributed by atoms with Gasteiger partial charge in [0.05, 0.1) is 0 Å². The van der Waals surface area contributed by atoms with Crippen LogP contribution in [-0.4, -0.2) is 20.6 Å². The minimum atomic E-state index is -1.25. The van der Waals surface area contributed by atoms with Crippen molar-refractivity contribution in [1.29, 1.82) is 0 Å². The molecule has 1 heterocycles. The predicted molar refractivity (Wildman–Crippen MR) is 99.6 cm³/mol. The lowest BCUT2D eigenvalue weighted by Gasteiger charge is -2.41. The van der Waals surface area contributed by atoms with E-state index < -0.39 is 11.4 Å². The van der Waals surface area contributed by atoms with Crippen LogP contribution in [-0.2, 0) is 11.4 Å². The summed E-state index contributed by atoms with van der Waals surface area (Å²) >= 11 is 2.27. The number of rotatable bonds is 1. The molecule has 2 aliphatic rings. The molecule has 0 aromatic heterocycles. The molecule has 1 unspecified atom stereocenters. The van der Waals surface area contributed by atoms with Gasteiger partial charge in [0.2, 0.25) is 0 Å². The van der Waals surface area contributed by atoms with E-state index in [0.29, 0.717) is 0 Å². The molecule has 0 bridgehead atoms. The molecule has 1 atom stereocenters. The molecule has 5 heteroatoms. The molecular formula is C18H24BrNO2S. The van der Waals surface area contributed by atoms with Gasteiger partial charge in [-0.15, -0.1) is 0 Å². The first-order chi connectivity index (χ1) is 10.8. The van der Waals surface area contributed by atoms with E-state index in [2.05, 4.69) is 20.3 Å². The van der Waals surface area contributed by atoms with Gasteiger partial charge in [-0.3, -0.25) is 0 Å². The Labute approximate surface area is 150 Å². The molecule has 0 saturated heterocycles. The Morgan fingerprint density at radius 3 is 2.57 bits per heavy atom. The van der Waals surface area contributed by atoms with E-state index in [4.69, 9.17) is 4.74 Å². The summed E-state index contributed by atoms with van der Waals surface area (Å²) in [6, 6.07) is 6.03. The predicted octanol–water partition coefficient (Wildman–Crippen LogP) is 5.19. The van der Waals surface area contributed by atoms with E-state index in [9.17, 15) is 4.55 Å². The molecular weight excluding hydrogens is 374 g/mol. The van der Waals surface area contributed by atoms with Crippen LogP contribution in [0.25, 0.3) is 0 Å². The van der Waals surface area contributed by atoms with Gasteiger partial charge in [0, 0.05) is 16.5 Å². The Hall–Kier alpha value is -0.520. The van der Waals surface area contributed by atoms with Crippen LogP contribution >= 0.6 is 15.9 Å². The van der Waals surface area contributed by atoms with E-state index in [1.54, 1.807) is 0 Å². The Morgan fingerprint density at radius 2 is 1.91 bits per heavy atom. The summed E-state index contributed by atoms with van der Waals surface area (Å²) < 4.78 is 24.3. The molecule has 0 radical (unpaired) electrons. The van der Waals surface area contributed by atoms with Crippen molar-refractivity contribution in [3.05, 3.63) is 28.2 Å². The van der Waals surface area contributed by atoms with Crippen LogP contribution in [0.1, 0.15) is 64.9 Å². The maximum Gasteiger partial charge on any atom is 0.144 e. The molecule has 0 N–H and O–H groups in total. The number of ether oxygens (including phenoxy) is 1. The highest BCUT2D eigenvalue weighted by molar-refractivity contribution is 9.10. The molecule has 1 aliphatic carbocycles. The first-order valence-corrected chi connectivity index (χ1v) is 10.2. The zero-order valence-corrected chi connectivity index (χ0v) is 16.4. The number of fused-ring (bicyclic) bond motifs is 1. The fourth-order valence-electron chi connectivity index (χ4n) is 3.28. The first kappa shape index (κ1) is 17.3. The van der Waals surface area contributed by atoms with E-state index in [-0.39, 0.29) is 10.3 Å². The minimum absolute atomic E-state index is 0.153. The van der Waals surface area contributed by atoms with Gasteiger partial charge in [-0.2, -0.15) is 0 Å². The number of nitrogens with zero attached hydrogens (tertiary/aromatic N) is 1. The lowest BCUT2D eigenvalue weighted by molar-refractivity contribution is 0.0322. The highest BCUT2D eigenvalue weighted by Crippen LogP contribution is 2.43. The van der Waals surface area contributed by atoms with Gasteiger partial charge in [-0.05, 0) is 64.7 Å². The highest BCUT2D eigenvalue weighted by atomic mass is 79.9. The van der Waals surface area contributed by atoms with E-state index in [1.807, 2.05) is 39.0 Å². The summed E-state index contributed by atoms with van der Waals surface area (Å²) in [4.78, 5) is 0. The third kappa shape index (κ3) is 3.77. The first-order valence-electron chi connectivity index (χ1n) is 8.28. The fraction of sp³-hybridized carbons (Fsp3) is 0.611. The minimum Gasteiger partial charge on any atom is -0.591 e. The Kier molecular flexibility index (Phi) is 4.83. The largest absolute Gasteiger partial charge is 0.591 e. The van der Waals surface area contributed by atoms with Crippen molar-refractivity contribution in [1.82, 2.24) is 0 Å². The third-order valence-corrected chi connectivity index (χ3v) is 6.48. The molecule has 1 spiro atoms. The quantitative estimate of drug-likeness (QED) is 0.612. The summed E-state index contributed by atoms with van der Waals surface area (Å²) in [6.07, 6.45) is 6.55. The van der Waals surface area contributed by atoms with Crippen molar-refractivity contribution in [3.63, 3.8) is 0 Å². The van der Waals surface area contributed by atoms with Gasteiger partial charge in [0.25, 0.3) is 0 Å². The molecule has 1 aromatic rings. The summed E-state index contributed by atoms with van der Waals surface area (Å²) in [6.45, 7) is 5.89. The van der Waals surface area contributed by atoms with Gasteiger partial charge >= 0.3 is 0 Å². The topological polar surface area (TPSA) is 44.7 Å². The summed E-state index contributed by atoms with van der Waals surface area (Å²) in [5, 5.41) is 0. The van der Waals surface area contributed by atoms with Crippen LogP contribution in [0.3, 0.4) is 0 Å². The van der Waals surface area contributed by atoms with Gasteiger partial charge in [0.15, 0.2) is 0 Å². The second kappa shape index (κ2) is 6.41. The van der Waals surface area contributed by atoms with Gasteiger partial charge in [0.1, 0.15) is 33.2 Å². The number of halogens is 1. The van der Waals surface area contributed by atoms with Crippen LogP contribution in [0.2, 0.25) is 0 Å². The molecule has 0 amide bonds. The zero-order valence-electron chi connectivity index (χ0n) is 14.0. The van der Waals surface area contributed by atoms with Crippen LogP contribution in [0.15, 0.2) is 27.1 Å². The Balaban J connectivity index is 2.02. The van der Waals surface area contributed by atoms with Crippen LogP contribution < -0.4 is 4.74 Å². The maximum absolute atomic E-state index is 12.6. The van der Waals surface area contributed by atoms with Crippen molar-refractivity contribution >= 4 is 33.0 Å². The second-order valence-electron chi connectivity index (χ2n) is 7.56. The summed E-state index contributed by atoms with van der Waals surface area (Å²) in [5.41, 5.74) is 1.76. The van der Waals surface area contributed by atoms with Crippen molar-refractivity contribution in [2.75, 3.05) is 0 Å². The van der Waals surface area contributed by atoms with Crippen molar-refractivity contribution in [3.8, 4) is 5.75 Å². The Morgan fingerprint density at radius 1 is 1.22 bits per heavy atom. The average Bonchev–Trinajstić information content (AvgIpc) is 2.48. The molecule has 1 aromatic carbocycles. The maximum atomic E-state index is 12.6. The highest BCUT2D eigenvalue weighted by Gasteiger charge is 2.42. The summed E-state index contributed by atoms with van der Waals surface area (Å²) in [7, 11) is 0. The SMILES string of the molecule is CC(C)(C)[S+]([O-])N=C1CC2(CCCCC2)Oc2ccc(Br)cc21. The zero-order chi connectivity index (χ0) is 16.7. The number of hydrogen-bond acceptors (Lipinski definition) is 3. The third-order valence-electron chi connectivity index (χ3n) is 4.55. The number of hydrogen-bond donors (Lipinski definition) is 0. The fourth-order valence-corrected chi connectivity index (χ4v) is 4.28. The van der Waals surface area contributed by atoms with Crippen molar-refractivity contribution in [2.45, 2.75) is 69.6 Å². The second-order valence-corrected chi connectivity index (χ2v) is 10.4. The molecule has 1 aliphatic heterocycles. The van der Waals surface area contributed by atoms with Crippen LogP contribution in [0, 0.1) is 0 Å². The van der Waals surface area contributed by atoms with E-state index in [0.717, 1.165) is 40.8 Å². The van der Waals surface area contributed by atoms with Gasteiger partial charge in [-0.1, -0.05) is 26.7 Å². The lowest BCUT2D eigenvalue weighted by Crippen LogP contribution is -2.44. The van der Waals surface area contributed by atoms with Crippen molar-refractivity contribution in [2.24, 2.45) is 4.40 Å². The average molecular weight is 398 g/mol. The standard InChI is InChI=1S/C18H24BrNO2S/c1-17(2,3)23(21)20-15-12-18(9-5-4-6-10-18)22-16-8-7-13(19)11-14(15)16/h7-8,11H,4-6,9-10,12H2,1-3H3. The van der Waals surface area contributed by atoms with Crippen molar-refractivity contribution < 1.29 is 9.29 Å². The van der Waals surface area contributed by atoms with Crippen LogP contribution in [0.4, 0.5) is 0 Å². The molecule has 1 saturated carbocycles. The monoisotopic (exact) mass is 397 g/mol. The molecule has 3 rings (SSSR count). The number of benzene rings is 1. The van der Waals surface area contributed by atoms with Crippen LogP contribution in [0.5, 0.6) is 5.75 Å². The molecule has 23 heavy (non-hydrogen) atoms. The molecule has 126 valence electrons. The van der Waals surface area contributed by atoms with E-state index >= 15 is 0 Å². The van der Waals surface area contributed by atoms with Gasteiger partial charge in [-0.25, -0.2) is 0 Å². The normalized spacial score (nSPS) is 23.4. The Bertz CT molecular complexity index is 618. The van der Waals surface area contributed by atoms with Gasteiger partial charge < -0.3 is 9.29 Å². The molecule has 1 fully saturated rings. The smallest absolute Gasteiger partial charge is 0.144 e. The van der Waals surface area contributed by atoms with E-state index in [1.165, 1.54) is 19.3 Å². The summed E-state index contributed by atoms with van der Waals surface area (Å²) in [5.74, 6) is 0.881. The lowest BCUT2D eigenvalue weighted by atomic mass is 9.78.